The highest BCUT2D eigenvalue weighted by Crippen LogP contribution is 2.31. The SMILES string of the molecule is COc1cc(-c2cc(F)cc(C(=O)NC3CCCCNC3=O)c2)c(N)nc1C. The Morgan fingerprint density at radius 1 is 1.32 bits per heavy atom. The summed E-state index contributed by atoms with van der Waals surface area (Å²) in [5.41, 5.74) is 7.57. The van der Waals surface area contributed by atoms with Gasteiger partial charge in [-0.05, 0) is 56.0 Å². The summed E-state index contributed by atoms with van der Waals surface area (Å²) in [6.07, 6.45) is 2.24. The Labute approximate surface area is 162 Å². The summed E-state index contributed by atoms with van der Waals surface area (Å²) in [6, 6.07) is 4.95. The molecule has 0 saturated carbocycles. The number of aromatic nitrogens is 1. The Hall–Kier alpha value is -3.16. The van der Waals surface area contributed by atoms with Crippen molar-refractivity contribution in [2.75, 3.05) is 19.4 Å². The molecule has 2 aromatic rings. The first-order valence-electron chi connectivity index (χ1n) is 9.09. The third kappa shape index (κ3) is 4.21. The van der Waals surface area contributed by atoms with Crippen molar-refractivity contribution in [3.8, 4) is 16.9 Å². The molecule has 1 aromatic carbocycles. The van der Waals surface area contributed by atoms with Gasteiger partial charge in [-0.25, -0.2) is 9.37 Å². The van der Waals surface area contributed by atoms with E-state index in [1.807, 2.05) is 0 Å². The van der Waals surface area contributed by atoms with Crippen molar-refractivity contribution in [2.24, 2.45) is 0 Å². The van der Waals surface area contributed by atoms with Crippen LogP contribution in [0, 0.1) is 12.7 Å². The van der Waals surface area contributed by atoms with Gasteiger partial charge in [0.25, 0.3) is 5.91 Å². The molecule has 0 aliphatic carbocycles. The summed E-state index contributed by atoms with van der Waals surface area (Å²) in [4.78, 5) is 28.9. The third-order valence-electron chi connectivity index (χ3n) is 4.73. The molecule has 1 fully saturated rings. The molecule has 2 amide bonds. The quantitative estimate of drug-likeness (QED) is 0.747. The van der Waals surface area contributed by atoms with E-state index in [1.165, 1.54) is 19.2 Å². The van der Waals surface area contributed by atoms with E-state index in [9.17, 15) is 14.0 Å². The van der Waals surface area contributed by atoms with E-state index in [2.05, 4.69) is 15.6 Å². The number of nitrogen functional groups attached to an aromatic ring is 1. The van der Waals surface area contributed by atoms with Gasteiger partial charge in [0, 0.05) is 17.7 Å². The van der Waals surface area contributed by atoms with Crippen LogP contribution in [0.1, 0.15) is 35.3 Å². The summed E-state index contributed by atoms with van der Waals surface area (Å²) in [5.74, 6) is -0.618. The molecular formula is C20H23FN4O3. The molecule has 1 atom stereocenters. The van der Waals surface area contributed by atoms with E-state index < -0.39 is 17.8 Å². The average molecular weight is 386 g/mol. The minimum absolute atomic E-state index is 0.103. The largest absolute Gasteiger partial charge is 0.495 e. The molecule has 1 aromatic heterocycles. The zero-order chi connectivity index (χ0) is 20.3. The number of amides is 2. The smallest absolute Gasteiger partial charge is 0.252 e. The monoisotopic (exact) mass is 386 g/mol. The zero-order valence-corrected chi connectivity index (χ0v) is 15.8. The second-order valence-electron chi connectivity index (χ2n) is 6.75. The number of halogens is 1. The van der Waals surface area contributed by atoms with Crippen molar-refractivity contribution in [2.45, 2.75) is 32.2 Å². The molecule has 4 N–H and O–H groups in total. The maximum absolute atomic E-state index is 14.2. The van der Waals surface area contributed by atoms with Crippen LogP contribution in [0.5, 0.6) is 5.75 Å². The van der Waals surface area contributed by atoms with Gasteiger partial charge in [-0.3, -0.25) is 9.59 Å². The number of nitrogens with zero attached hydrogens (tertiary/aromatic N) is 1. The van der Waals surface area contributed by atoms with Crippen LogP contribution < -0.4 is 21.1 Å². The van der Waals surface area contributed by atoms with Crippen LogP contribution in [0.4, 0.5) is 10.2 Å². The number of ether oxygens (including phenoxy) is 1. The standard InChI is InChI=1S/C20H23FN4O3/c1-11-17(28-2)10-15(18(22)24-11)12-7-13(9-14(21)8-12)19(26)25-16-5-3-4-6-23-20(16)27/h7-10,16H,3-6H2,1-2H3,(H2,22,24)(H,23,27)(H,25,26). The van der Waals surface area contributed by atoms with E-state index >= 15 is 0 Å². The second kappa shape index (κ2) is 8.24. The fourth-order valence-electron chi connectivity index (χ4n) is 3.24. The number of nitrogens with two attached hydrogens (primary N) is 1. The first-order chi connectivity index (χ1) is 13.4. The molecule has 8 heteroatoms. The van der Waals surface area contributed by atoms with Gasteiger partial charge in [0.1, 0.15) is 23.4 Å². The number of rotatable bonds is 4. The third-order valence-corrected chi connectivity index (χ3v) is 4.73. The predicted molar refractivity (Wildman–Crippen MR) is 103 cm³/mol. The van der Waals surface area contributed by atoms with Gasteiger partial charge in [-0.15, -0.1) is 0 Å². The number of carbonyl (C=O) groups excluding carboxylic acids is 2. The van der Waals surface area contributed by atoms with Crippen molar-refractivity contribution in [3.63, 3.8) is 0 Å². The summed E-state index contributed by atoms with van der Waals surface area (Å²) in [6.45, 7) is 2.35. The fourth-order valence-corrected chi connectivity index (χ4v) is 3.24. The van der Waals surface area contributed by atoms with E-state index in [0.29, 0.717) is 35.5 Å². The average Bonchev–Trinajstić information content (AvgIpc) is 2.85. The number of benzene rings is 1. The molecule has 1 aliphatic rings. The molecule has 28 heavy (non-hydrogen) atoms. The molecule has 148 valence electrons. The highest BCUT2D eigenvalue weighted by molar-refractivity contribution is 5.98. The van der Waals surface area contributed by atoms with Gasteiger partial charge >= 0.3 is 0 Å². The highest BCUT2D eigenvalue weighted by atomic mass is 19.1. The second-order valence-corrected chi connectivity index (χ2v) is 6.75. The van der Waals surface area contributed by atoms with Crippen LogP contribution in [0.25, 0.3) is 11.1 Å². The van der Waals surface area contributed by atoms with Gasteiger partial charge in [0.05, 0.1) is 12.8 Å². The van der Waals surface area contributed by atoms with E-state index in [4.69, 9.17) is 10.5 Å². The van der Waals surface area contributed by atoms with Crippen molar-refractivity contribution < 1.29 is 18.7 Å². The van der Waals surface area contributed by atoms with Crippen LogP contribution in [-0.2, 0) is 4.79 Å². The number of anilines is 1. The number of pyridine rings is 1. The predicted octanol–water partition coefficient (Wildman–Crippen LogP) is 2.19. The van der Waals surface area contributed by atoms with E-state index in [0.717, 1.165) is 18.9 Å². The summed E-state index contributed by atoms with van der Waals surface area (Å²) in [7, 11) is 1.51. The fraction of sp³-hybridized carbons (Fsp3) is 0.350. The zero-order valence-electron chi connectivity index (χ0n) is 15.8. The van der Waals surface area contributed by atoms with Gasteiger partial charge < -0.3 is 21.1 Å². The molecule has 1 saturated heterocycles. The molecule has 7 nitrogen and oxygen atoms in total. The maximum Gasteiger partial charge on any atom is 0.252 e. The summed E-state index contributed by atoms with van der Waals surface area (Å²) < 4.78 is 19.5. The topological polar surface area (TPSA) is 106 Å². The van der Waals surface area contributed by atoms with Crippen molar-refractivity contribution >= 4 is 17.6 Å². The Balaban J connectivity index is 1.91. The molecule has 0 spiro atoms. The minimum Gasteiger partial charge on any atom is -0.495 e. The maximum atomic E-state index is 14.2. The van der Waals surface area contributed by atoms with Crippen LogP contribution >= 0.6 is 0 Å². The Kier molecular flexibility index (Phi) is 5.77. The lowest BCUT2D eigenvalue weighted by Crippen LogP contribution is -2.45. The Morgan fingerprint density at radius 2 is 2.11 bits per heavy atom. The number of hydrogen-bond donors (Lipinski definition) is 3. The molecule has 2 heterocycles. The molecule has 0 bridgehead atoms. The van der Waals surface area contributed by atoms with Gasteiger partial charge in [0.2, 0.25) is 5.91 Å². The van der Waals surface area contributed by atoms with Gasteiger partial charge in [0.15, 0.2) is 0 Å². The number of aryl methyl sites for hydroxylation is 1. The van der Waals surface area contributed by atoms with Gasteiger partial charge in [-0.1, -0.05) is 0 Å². The lowest BCUT2D eigenvalue weighted by Gasteiger charge is -2.16. The normalized spacial score (nSPS) is 16.8. The summed E-state index contributed by atoms with van der Waals surface area (Å²) in [5, 5.41) is 5.45. The number of methoxy groups -OCH3 is 1. The first kappa shape index (κ1) is 19.6. The number of carbonyl (C=O) groups is 2. The molecular weight excluding hydrogens is 363 g/mol. The van der Waals surface area contributed by atoms with Crippen LogP contribution in [-0.4, -0.2) is 36.5 Å². The lowest BCUT2D eigenvalue weighted by molar-refractivity contribution is -0.122. The molecule has 1 unspecified atom stereocenters. The molecule has 1 aliphatic heterocycles. The number of hydrogen-bond acceptors (Lipinski definition) is 5. The van der Waals surface area contributed by atoms with E-state index in [1.54, 1.807) is 13.0 Å². The van der Waals surface area contributed by atoms with Crippen molar-refractivity contribution in [1.29, 1.82) is 0 Å². The highest BCUT2D eigenvalue weighted by Gasteiger charge is 2.23. The Morgan fingerprint density at radius 3 is 2.86 bits per heavy atom. The van der Waals surface area contributed by atoms with Crippen LogP contribution in [0.3, 0.4) is 0 Å². The molecule has 3 rings (SSSR count). The van der Waals surface area contributed by atoms with Crippen molar-refractivity contribution in [3.05, 3.63) is 41.3 Å². The van der Waals surface area contributed by atoms with Crippen LogP contribution in [0.2, 0.25) is 0 Å². The van der Waals surface area contributed by atoms with E-state index in [-0.39, 0.29) is 17.3 Å². The lowest BCUT2D eigenvalue weighted by atomic mass is 10.0. The van der Waals surface area contributed by atoms with Crippen LogP contribution in [0.15, 0.2) is 24.3 Å². The van der Waals surface area contributed by atoms with Gasteiger partial charge in [-0.2, -0.15) is 0 Å². The van der Waals surface area contributed by atoms with Crippen molar-refractivity contribution in [1.82, 2.24) is 15.6 Å². The molecule has 0 radical (unpaired) electrons. The Bertz CT molecular complexity index is 917. The minimum atomic E-state index is -0.632. The summed E-state index contributed by atoms with van der Waals surface area (Å²) >= 11 is 0. The number of nitrogens with one attached hydrogen (secondary N) is 2. The first-order valence-corrected chi connectivity index (χ1v) is 9.09.